The molecule has 0 radical (unpaired) electrons. The summed E-state index contributed by atoms with van der Waals surface area (Å²) in [7, 11) is 1.85. The number of fused-ring (bicyclic) bond motifs is 1. The molecule has 0 unspecified atom stereocenters. The molecule has 5 nitrogen and oxygen atoms in total. The number of aryl methyl sites for hydroxylation is 3. The van der Waals surface area contributed by atoms with Crippen molar-refractivity contribution in [2.45, 2.75) is 19.3 Å². The normalized spacial score (nSPS) is 13.1. The summed E-state index contributed by atoms with van der Waals surface area (Å²) in [5.41, 5.74) is 2.90. The van der Waals surface area contributed by atoms with Crippen LogP contribution in [0.25, 0.3) is 0 Å². The van der Waals surface area contributed by atoms with E-state index in [4.69, 9.17) is 0 Å². The van der Waals surface area contributed by atoms with Crippen LogP contribution in [0.1, 0.15) is 23.2 Å². The summed E-state index contributed by atoms with van der Waals surface area (Å²) in [5.74, 6) is 1.32. The molecule has 0 aromatic carbocycles. The summed E-state index contributed by atoms with van der Waals surface area (Å²) >= 11 is 0. The number of nitrogens with zero attached hydrogens (tertiary/aromatic N) is 4. The van der Waals surface area contributed by atoms with Crippen molar-refractivity contribution in [3.8, 4) is 6.07 Å². The van der Waals surface area contributed by atoms with Crippen LogP contribution in [0.4, 0.5) is 11.6 Å². The Hall–Kier alpha value is -2.35. The number of hydrogen-bond donors (Lipinski definition) is 1. The zero-order valence-electron chi connectivity index (χ0n) is 10.1. The number of aromatic nitrogens is 3. The van der Waals surface area contributed by atoms with Crippen LogP contribution in [0.3, 0.4) is 0 Å². The summed E-state index contributed by atoms with van der Waals surface area (Å²) < 4.78 is 1.71. The lowest BCUT2D eigenvalue weighted by Crippen LogP contribution is -2.01. The number of hydrogen-bond acceptors (Lipinski definition) is 4. The van der Waals surface area contributed by atoms with Crippen LogP contribution in [-0.4, -0.2) is 14.8 Å². The first-order valence-electron chi connectivity index (χ1n) is 5.96. The summed E-state index contributed by atoms with van der Waals surface area (Å²) in [6, 6.07) is 6.00. The third-order valence-corrected chi connectivity index (χ3v) is 3.13. The predicted octanol–water partition coefficient (Wildman–Crippen LogP) is 1.92. The molecule has 0 fully saturated rings. The fourth-order valence-corrected chi connectivity index (χ4v) is 2.26. The standard InChI is InChI=1S/C13H13N5/c1-18-6-5-12(17-18)16-13-10(8-14)7-9-3-2-4-11(9)15-13/h5-7H,2-4H2,1H3,(H,15,16,17). The van der Waals surface area contributed by atoms with Crippen LogP contribution in [0.15, 0.2) is 18.3 Å². The van der Waals surface area contributed by atoms with Crippen molar-refractivity contribution in [2.75, 3.05) is 5.32 Å². The number of rotatable bonds is 2. The van der Waals surface area contributed by atoms with E-state index in [9.17, 15) is 5.26 Å². The van der Waals surface area contributed by atoms with Crippen molar-refractivity contribution in [3.63, 3.8) is 0 Å². The van der Waals surface area contributed by atoms with Crippen molar-refractivity contribution < 1.29 is 0 Å². The van der Waals surface area contributed by atoms with Gasteiger partial charge in [-0.3, -0.25) is 4.68 Å². The highest BCUT2D eigenvalue weighted by Gasteiger charge is 2.16. The lowest BCUT2D eigenvalue weighted by Gasteiger charge is -2.07. The maximum absolute atomic E-state index is 9.18. The Bertz CT molecular complexity index is 635. The Kier molecular flexibility index (Phi) is 2.49. The Labute approximate surface area is 105 Å². The average molecular weight is 239 g/mol. The van der Waals surface area contributed by atoms with E-state index in [2.05, 4.69) is 21.5 Å². The highest BCUT2D eigenvalue weighted by atomic mass is 15.3. The fraction of sp³-hybridized carbons (Fsp3) is 0.308. The first-order chi connectivity index (χ1) is 8.76. The van der Waals surface area contributed by atoms with E-state index in [-0.39, 0.29) is 0 Å². The van der Waals surface area contributed by atoms with Crippen LogP contribution in [0.5, 0.6) is 0 Å². The summed E-state index contributed by atoms with van der Waals surface area (Å²) in [4.78, 5) is 4.55. The van der Waals surface area contributed by atoms with E-state index in [0.29, 0.717) is 17.2 Å². The smallest absolute Gasteiger partial charge is 0.153 e. The molecule has 0 spiro atoms. The molecule has 0 aliphatic heterocycles. The molecule has 1 N–H and O–H groups in total. The third kappa shape index (κ3) is 1.82. The van der Waals surface area contributed by atoms with Crippen molar-refractivity contribution in [1.29, 1.82) is 5.26 Å². The number of pyridine rings is 1. The van der Waals surface area contributed by atoms with Gasteiger partial charge in [-0.25, -0.2) is 4.98 Å². The van der Waals surface area contributed by atoms with Crippen LogP contribution in [-0.2, 0) is 19.9 Å². The molecule has 0 saturated carbocycles. The van der Waals surface area contributed by atoms with Crippen LogP contribution in [0.2, 0.25) is 0 Å². The maximum Gasteiger partial charge on any atom is 0.153 e. The van der Waals surface area contributed by atoms with Crippen molar-refractivity contribution in [3.05, 3.63) is 35.2 Å². The molecule has 2 heterocycles. The highest BCUT2D eigenvalue weighted by Crippen LogP contribution is 2.26. The van der Waals surface area contributed by atoms with E-state index in [1.807, 2.05) is 25.4 Å². The second-order valence-corrected chi connectivity index (χ2v) is 4.46. The van der Waals surface area contributed by atoms with Crippen LogP contribution in [0, 0.1) is 11.3 Å². The summed E-state index contributed by atoms with van der Waals surface area (Å²) in [6.07, 6.45) is 5.00. The topological polar surface area (TPSA) is 66.5 Å². The Morgan fingerprint density at radius 1 is 1.44 bits per heavy atom. The van der Waals surface area contributed by atoms with Crippen LogP contribution >= 0.6 is 0 Å². The van der Waals surface area contributed by atoms with Gasteiger partial charge < -0.3 is 5.32 Å². The molecular formula is C13H13N5. The minimum absolute atomic E-state index is 0.585. The maximum atomic E-state index is 9.18. The number of nitrogens with one attached hydrogen (secondary N) is 1. The van der Waals surface area contributed by atoms with Crippen molar-refractivity contribution in [2.24, 2.45) is 7.05 Å². The van der Waals surface area contributed by atoms with Gasteiger partial charge in [0, 0.05) is 25.0 Å². The largest absolute Gasteiger partial charge is 0.322 e. The van der Waals surface area contributed by atoms with Gasteiger partial charge >= 0.3 is 0 Å². The van der Waals surface area contributed by atoms with Gasteiger partial charge in [0.25, 0.3) is 0 Å². The lowest BCUT2D eigenvalue weighted by atomic mass is 10.1. The molecule has 0 bridgehead atoms. The van der Waals surface area contributed by atoms with Crippen LogP contribution < -0.4 is 5.32 Å². The molecule has 18 heavy (non-hydrogen) atoms. The SMILES string of the molecule is Cn1ccc(Nc2nc3c(cc2C#N)CCC3)n1. The molecule has 3 rings (SSSR count). The molecule has 5 heteroatoms. The van der Waals surface area contributed by atoms with Gasteiger partial charge in [0.1, 0.15) is 11.9 Å². The molecule has 2 aromatic heterocycles. The fourth-order valence-electron chi connectivity index (χ4n) is 2.26. The third-order valence-electron chi connectivity index (χ3n) is 3.13. The molecular weight excluding hydrogens is 226 g/mol. The minimum atomic E-state index is 0.585. The van der Waals surface area contributed by atoms with Gasteiger partial charge in [0.05, 0.1) is 5.56 Å². The average Bonchev–Trinajstić information content (AvgIpc) is 2.97. The predicted molar refractivity (Wildman–Crippen MR) is 67.5 cm³/mol. The second-order valence-electron chi connectivity index (χ2n) is 4.46. The van der Waals surface area contributed by atoms with E-state index in [1.165, 1.54) is 5.56 Å². The van der Waals surface area contributed by atoms with Gasteiger partial charge in [0.15, 0.2) is 5.82 Å². The number of anilines is 2. The highest BCUT2D eigenvalue weighted by molar-refractivity contribution is 5.61. The Morgan fingerprint density at radius 2 is 2.33 bits per heavy atom. The number of nitriles is 1. The van der Waals surface area contributed by atoms with Gasteiger partial charge in [-0.1, -0.05) is 0 Å². The van der Waals surface area contributed by atoms with E-state index >= 15 is 0 Å². The van der Waals surface area contributed by atoms with Gasteiger partial charge in [-0.2, -0.15) is 10.4 Å². The zero-order valence-corrected chi connectivity index (χ0v) is 10.1. The molecule has 2 aromatic rings. The van der Waals surface area contributed by atoms with E-state index in [0.717, 1.165) is 25.0 Å². The first kappa shape index (κ1) is 10.8. The van der Waals surface area contributed by atoms with Gasteiger partial charge in [-0.05, 0) is 30.9 Å². The van der Waals surface area contributed by atoms with E-state index in [1.54, 1.807) is 4.68 Å². The van der Waals surface area contributed by atoms with Gasteiger partial charge in [-0.15, -0.1) is 0 Å². The molecule has 1 aliphatic rings. The van der Waals surface area contributed by atoms with Crippen molar-refractivity contribution >= 4 is 11.6 Å². The molecule has 1 aliphatic carbocycles. The monoisotopic (exact) mass is 239 g/mol. The molecule has 0 amide bonds. The second kappa shape index (κ2) is 4.15. The molecule has 0 atom stereocenters. The Balaban J connectivity index is 1.98. The summed E-state index contributed by atoms with van der Waals surface area (Å²) in [6.45, 7) is 0. The van der Waals surface area contributed by atoms with E-state index < -0.39 is 0 Å². The molecule has 90 valence electrons. The Morgan fingerprint density at radius 3 is 3.06 bits per heavy atom. The van der Waals surface area contributed by atoms with Gasteiger partial charge in [0.2, 0.25) is 0 Å². The minimum Gasteiger partial charge on any atom is -0.322 e. The zero-order chi connectivity index (χ0) is 12.5. The summed E-state index contributed by atoms with van der Waals surface area (Å²) in [5, 5.41) is 16.5. The van der Waals surface area contributed by atoms with Crippen molar-refractivity contribution in [1.82, 2.24) is 14.8 Å². The molecule has 0 saturated heterocycles. The lowest BCUT2D eigenvalue weighted by molar-refractivity contribution is 0.771. The first-order valence-corrected chi connectivity index (χ1v) is 5.96. The quantitative estimate of drug-likeness (QED) is 0.869.